The Labute approximate surface area is 103 Å². The lowest BCUT2D eigenvalue weighted by molar-refractivity contribution is -0.123. The molecule has 2 aliphatic rings. The highest BCUT2D eigenvalue weighted by Gasteiger charge is 2.32. The molecule has 2 heteroatoms. The Morgan fingerprint density at radius 3 is 2.35 bits per heavy atom. The molecule has 3 rings (SSSR count). The van der Waals surface area contributed by atoms with Crippen LogP contribution >= 0.6 is 0 Å². The zero-order valence-corrected chi connectivity index (χ0v) is 10.4. The summed E-state index contributed by atoms with van der Waals surface area (Å²) < 4.78 is 0. The van der Waals surface area contributed by atoms with Crippen molar-refractivity contribution in [3.63, 3.8) is 0 Å². The van der Waals surface area contributed by atoms with Gasteiger partial charge in [0.1, 0.15) is 5.78 Å². The lowest BCUT2D eigenvalue weighted by Crippen LogP contribution is -2.47. The first-order valence-electron chi connectivity index (χ1n) is 6.58. The van der Waals surface area contributed by atoms with E-state index in [1.807, 2.05) is 0 Å². The van der Waals surface area contributed by atoms with Crippen LogP contribution in [0, 0.1) is 0 Å². The molecule has 1 unspecified atom stereocenters. The summed E-state index contributed by atoms with van der Waals surface area (Å²) in [5.74, 6) is 0.435. The first kappa shape index (κ1) is 11.0. The number of Topliss-reactive ketones (excluding diaryl/α,β-unsaturated/α-hetero) is 1. The van der Waals surface area contributed by atoms with Crippen LogP contribution in [0.4, 0.5) is 0 Å². The van der Waals surface area contributed by atoms with Crippen LogP contribution in [0.25, 0.3) is 0 Å². The van der Waals surface area contributed by atoms with Crippen molar-refractivity contribution < 1.29 is 4.79 Å². The molecule has 17 heavy (non-hydrogen) atoms. The van der Waals surface area contributed by atoms with E-state index in [1.165, 1.54) is 11.1 Å². The van der Waals surface area contributed by atoms with E-state index in [0.29, 0.717) is 17.9 Å². The smallest absolute Gasteiger partial charge is 0.135 e. The van der Waals surface area contributed by atoms with Gasteiger partial charge in [-0.2, -0.15) is 0 Å². The fourth-order valence-corrected chi connectivity index (χ4v) is 3.34. The van der Waals surface area contributed by atoms with Gasteiger partial charge in [-0.3, -0.25) is 9.69 Å². The number of carbonyl (C=O) groups is 1. The van der Waals surface area contributed by atoms with Gasteiger partial charge in [-0.15, -0.1) is 0 Å². The zero-order valence-electron chi connectivity index (χ0n) is 10.4. The molecule has 1 aliphatic carbocycles. The van der Waals surface area contributed by atoms with Gasteiger partial charge < -0.3 is 0 Å². The van der Waals surface area contributed by atoms with E-state index in [2.05, 4.69) is 36.1 Å². The van der Waals surface area contributed by atoms with Crippen LogP contribution in [0.15, 0.2) is 24.3 Å². The van der Waals surface area contributed by atoms with Gasteiger partial charge in [0.15, 0.2) is 0 Å². The summed E-state index contributed by atoms with van der Waals surface area (Å²) in [6.07, 6.45) is 3.81. The van der Waals surface area contributed by atoms with E-state index in [0.717, 1.165) is 32.2 Å². The molecule has 1 fully saturated rings. The van der Waals surface area contributed by atoms with Gasteiger partial charge in [-0.05, 0) is 30.9 Å². The van der Waals surface area contributed by atoms with Crippen LogP contribution in [0.2, 0.25) is 0 Å². The molecule has 1 saturated heterocycles. The maximum Gasteiger partial charge on any atom is 0.135 e. The maximum absolute atomic E-state index is 11.4. The summed E-state index contributed by atoms with van der Waals surface area (Å²) >= 11 is 0. The van der Waals surface area contributed by atoms with Crippen molar-refractivity contribution in [1.82, 2.24) is 4.90 Å². The Bertz CT molecular complexity index is 415. The van der Waals surface area contributed by atoms with E-state index in [1.54, 1.807) is 0 Å². The summed E-state index contributed by atoms with van der Waals surface area (Å²) in [6.45, 7) is 3.15. The number of carbonyl (C=O) groups excluding carboxylic acids is 1. The van der Waals surface area contributed by atoms with Crippen LogP contribution in [-0.4, -0.2) is 29.3 Å². The Morgan fingerprint density at radius 1 is 1.12 bits per heavy atom. The van der Waals surface area contributed by atoms with Crippen molar-refractivity contribution in [2.24, 2.45) is 0 Å². The molecule has 1 aromatic rings. The highest BCUT2D eigenvalue weighted by Crippen LogP contribution is 2.28. The van der Waals surface area contributed by atoms with Crippen LogP contribution < -0.4 is 0 Å². The van der Waals surface area contributed by atoms with E-state index >= 15 is 0 Å². The molecule has 1 atom stereocenters. The van der Waals surface area contributed by atoms with Crippen LogP contribution in [-0.2, 0) is 17.6 Å². The lowest BCUT2D eigenvalue weighted by Gasteiger charge is -2.37. The number of hydrogen-bond donors (Lipinski definition) is 0. The molecule has 90 valence electrons. The first-order valence-corrected chi connectivity index (χ1v) is 6.58. The zero-order chi connectivity index (χ0) is 11.8. The van der Waals surface area contributed by atoms with Gasteiger partial charge in [0.2, 0.25) is 0 Å². The van der Waals surface area contributed by atoms with E-state index < -0.39 is 0 Å². The molecule has 0 bridgehead atoms. The largest absolute Gasteiger partial charge is 0.300 e. The second kappa shape index (κ2) is 4.26. The average molecular weight is 229 g/mol. The summed E-state index contributed by atoms with van der Waals surface area (Å²) in [6, 6.07) is 9.80. The Hall–Kier alpha value is -1.15. The SMILES string of the molecule is CC1CC(=O)CCN1C1Cc2ccccc2C1. The van der Waals surface area contributed by atoms with Crippen molar-refractivity contribution in [3.05, 3.63) is 35.4 Å². The molecule has 0 spiro atoms. The highest BCUT2D eigenvalue weighted by molar-refractivity contribution is 5.79. The van der Waals surface area contributed by atoms with Crippen molar-refractivity contribution in [2.45, 2.75) is 44.7 Å². The first-order chi connectivity index (χ1) is 8.24. The summed E-state index contributed by atoms with van der Waals surface area (Å²) in [7, 11) is 0. The minimum atomic E-state index is 0.426. The monoisotopic (exact) mass is 229 g/mol. The van der Waals surface area contributed by atoms with Gasteiger partial charge >= 0.3 is 0 Å². The molecule has 2 nitrogen and oxygen atoms in total. The van der Waals surface area contributed by atoms with Crippen molar-refractivity contribution >= 4 is 5.78 Å². The highest BCUT2D eigenvalue weighted by atomic mass is 16.1. The fourth-order valence-electron chi connectivity index (χ4n) is 3.34. The molecule has 1 aromatic carbocycles. The van der Waals surface area contributed by atoms with E-state index in [9.17, 15) is 4.79 Å². The average Bonchev–Trinajstić information content (AvgIpc) is 2.72. The second-order valence-corrected chi connectivity index (χ2v) is 5.41. The fraction of sp³-hybridized carbons (Fsp3) is 0.533. The Morgan fingerprint density at radius 2 is 1.76 bits per heavy atom. The number of nitrogens with zero attached hydrogens (tertiary/aromatic N) is 1. The predicted octanol–water partition coefficient (Wildman–Crippen LogP) is 2.21. The normalized spacial score (nSPS) is 26.2. The third kappa shape index (κ3) is 2.02. The molecule has 0 amide bonds. The summed E-state index contributed by atoms with van der Waals surface area (Å²) in [5, 5.41) is 0. The number of hydrogen-bond acceptors (Lipinski definition) is 2. The van der Waals surface area contributed by atoms with Crippen molar-refractivity contribution in [1.29, 1.82) is 0 Å². The van der Waals surface area contributed by atoms with E-state index in [-0.39, 0.29) is 0 Å². The number of piperidine rings is 1. The summed E-state index contributed by atoms with van der Waals surface area (Å²) in [4.78, 5) is 14.0. The van der Waals surface area contributed by atoms with Crippen LogP contribution in [0.5, 0.6) is 0 Å². The minimum absolute atomic E-state index is 0.426. The second-order valence-electron chi connectivity index (χ2n) is 5.41. The standard InChI is InChI=1S/C15H19NO/c1-11-8-15(17)6-7-16(11)14-9-12-4-2-3-5-13(12)10-14/h2-5,11,14H,6-10H2,1H3. The minimum Gasteiger partial charge on any atom is -0.300 e. The molecule has 1 heterocycles. The molecule has 0 radical (unpaired) electrons. The third-order valence-corrected chi connectivity index (χ3v) is 4.24. The number of fused-ring (bicyclic) bond motifs is 1. The number of rotatable bonds is 1. The van der Waals surface area contributed by atoms with Crippen LogP contribution in [0.1, 0.15) is 30.9 Å². The van der Waals surface area contributed by atoms with Crippen LogP contribution in [0.3, 0.4) is 0 Å². The maximum atomic E-state index is 11.4. The topological polar surface area (TPSA) is 20.3 Å². The lowest BCUT2D eigenvalue weighted by atomic mass is 9.99. The van der Waals surface area contributed by atoms with Crippen molar-refractivity contribution in [3.8, 4) is 0 Å². The third-order valence-electron chi connectivity index (χ3n) is 4.24. The molecular formula is C15H19NO. The Balaban J connectivity index is 1.74. The van der Waals surface area contributed by atoms with Gasteiger partial charge in [0.25, 0.3) is 0 Å². The Kier molecular flexibility index (Phi) is 2.75. The molecule has 1 aliphatic heterocycles. The van der Waals surface area contributed by atoms with Gasteiger partial charge in [-0.25, -0.2) is 0 Å². The number of benzene rings is 1. The number of likely N-dealkylation sites (tertiary alicyclic amines) is 1. The molecular weight excluding hydrogens is 210 g/mol. The quantitative estimate of drug-likeness (QED) is 0.736. The van der Waals surface area contributed by atoms with Gasteiger partial charge in [-0.1, -0.05) is 24.3 Å². The van der Waals surface area contributed by atoms with Gasteiger partial charge in [0.05, 0.1) is 0 Å². The number of ketones is 1. The van der Waals surface area contributed by atoms with E-state index in [4.69, 9.17) is 0 Å². The predicted molar refractivity (Wildman–Crippen MR) is 68.0 cm³/mol. The van der Waals surface area contributed by atoms with Gasteiger partial charge in [0, 0.05) is 31.5 Å². The summed E-state index contributed by atoms with van der Waals surface area (Å²) in [5.41, 5.74) is 3.00. The van der Waals surface area contributed by atoms with Crippen molar-refractivity contribution in [2.75, 3.05) is 6.54 Å². The molecule has 0 saturated carbocycles. The molecule has 0 aromatic heterocycles. The molecule has 0 N–H and O–H groups in total.